The highest BCUT2D eigenvalue weighted by molar-refractivity contribution is 5.53. The summed E-state index contributed by atoms with van der Waals surface area (Å²) in [5.41, 5.74) is 5.25. The number of allylic oxidation sites excluding steroid dienone is 1. The Balaban J connectivity index is 1.61. The third-order valence-corrected chi connectivity index (χ3v) is 6.79. The zero-order valence-corrected chi connectivity index (χ0v) is 14.2. The molecule has 2 bridgehead atoms. The van der Waals surface area contributed by atoms with E-state index in [0.717, 1.165) is 11.7 Å². The van der Waals surface area contributed by atoms with Gasteiger partial charge in [0.05, 0.1) is 7.11 Å². The molecule has 122 valence electrons. The lowest BCUT2D eigenvalue weighted by atomic mass is 9.57. The molecule has 2 heteroatoms. The molecule has 5 rings (SSSR count). The minimum absolute atomic E-state index is 0.324. The SMILES string of the molecule is COc1ccc2c(c1)[C@@]13CCCC=C1[C@@H](C2)N(CC1CC1)CC3. The van der Waals surface area contributed by atoms with E-state index in [0.29, 0.717) is 11.5 Å². The Bertz CT molecular complexity index is 660. The van der Waals surface area contributed by atoms with Crippen molar-refractivity contribution in [3.05, 3.63) is 41.0 Å². The Morgan fingerprint density at radius 2 is 2.17 bits per heavy atom. The minimum atomic E-state index is 0.324. The van der Waals surface area contributed by atoms with Gasteiger partial charge in [-0.2, -0.15) is 0 Å². The average Bonchev–Trinajstić information content (AvgIpc) is 3.41. The molecule has 0 radical (unpaired) electrons. The molecule has 1 saturated heterocycles. The predicted molar refractivity (Wildman–Crippen MR) is 93.0 cm³/mol. The fraction of sp³-hybridized carbons (Fsp3) is 0.619. The third kappa shape index (κ3) is 2.11. The van der Waals surface area contributed by atoms with Gasteiger partial charge in [-0.15, -0.1) is 0 Å². The van der Waals surface area contributed by atoms with Crippen LogP contribution in [0.3, 0.4) is 0 Å². The van der Waals surface area contributed by atoms with Crippen LogP contribution in [0.1, 0.15) is 49.7 Å². The monoisotopic (exact) mass is 309 g/mol. The predicted octanol–water partition coefficient (Wildman–Crippen LogP) is 4.08. The molecule has 3 aliphatic carbocycles. The summed E-state index contributed by atoms with van der Waals surface area (Å²) in [4.78, 5) is 2.82. The fourth-order valence-corrected chi connectivity index (χ4v) is 5.44. The number of benzene rings is 1. The van der Waals surface area contributed by atoms with Gasteiger partial charge in [0.25, 0.3) is 0 Å². The topological polar surface area (TPSA) is 12.5 Å². The maximum Gasteiger partial charge on any atom is 0.119 e. The van der Waals surface area contributed by atoms with Crippen molar-refractivity contribution in [3.63, 3.8) is 0 Å². The summed E-state index contributed by atoms with van der Waals surface area (Å²) in [5.74, 6) is 2.02. The molecule has 0 amide bonds. The first kappa shape index (κ1) is 14.1. The van der Waals surface area contributed by atoms with Crippen LogP contribution in [0.4, 0.5) is 0 Å². The molecule has 0 unspecified atom stereocenters. The number of fused-ring (bicyclic) bond motifs is 1. The van der Waals surface area contributed by atoms with Crippen LogP contribution in [0.5, 0.6) is 5.75 Å². The Labute approximate surface area is 139 Å². The van der Waals surface area contributed by atoms with Crippen molar-refractivity contribution in [3.8, 4) is 5.75 Å². The first-order valence-electron chi connectivity index (χ1n) is 9.42. The summed E-state index contributed by atoms with van der Waals surface area (Å²) in [6.45, 7) is 2.62. The van der Waals surface area contributed by atoms with Crippen LogP contribution in [0.2, 0.25) is 0 Å². The second kappa shape index (κ2) is 5.11. The van der Waals surface area contributed by atoms with E-state index in [1.807, 2.05) is 0 Å². The lowest BCUT2D eigenvalue weighted by Crippen LogP contribution is -2.56. The van der Waals surface area contributed by atoms with Gasteiger partial charge in [0.1, 0.15) is 5.75 Å². The van der Waals surface area contributed by atoms with Crippen molar-refractivity contribution < 1.29 is 4.74 Å². The maximum absolute atomic E-state index is 5.55. The normalized spacial score (nSPS) is 32.7. The Kier molecular flexibility index (Phi) is 3.13. The lowest BCUT2D eigenvalue weighted by molar-refractivity contribution is 0.122. The van der Waals surface area contributed by atoms with Crippen LogP contribution < -0.4 is 4.74 Å². The largest absolute Gasteiger partial charge is 0.497 e. The van der Waals surface area contributed by atoms with Crippen molar-refractivity contribution in [2.45, 2.75) is 56.4 Å². The highest BCUT2D eigenvalue weighted by Crippen LogP contribution is 2.54. The van der Waals surface area contributed by atoms with Crippen LogP contribution in [0.15, 0.2) is 29.8 Å². The molecule has 2 fully saturated rings. The second-order valence-corrected chi connectivity index (χ2v) is 8.07. The lowest BCUT2D eigenvalue weighted by Gasteiger charge is -2.55. The standard InChI is InChI=1S/C21H27NO/c1-23-17-8-7-16-12-20-18-4-2-3-9-21(18,19(16)13-17)10-11-22(20)14-15-5-6-15/h4,7-8,13,15,20H,2-3,5-6,9-12,14H2,1H3/t20-,21-/m1/s1. The first-order valence-corrected chi connectivity index (χ1v) is 9.42. The molecular weight excluding hydrogens is 282 g/mol. The van der Waals surface area contributed by atoms with Gasteiger partial charge in [-0.3, -0.25) is 4.90 Å². The summed E-state index contributed by atoms with van der Waals surface area (Å²) < 4.78 is 5.55. The second-order valence-electron chi connectivity index (χ2n) is 8.07. The van der Waals surface area contributed by atoms with E-state index < -0.39 is 0 Å². The molecule has 1 saturated carbocycles. The summed E-state index contributed by atoms with van der Waals surface area (Å²) in [7, 11) is 1.79. The zero-order chi connectivity index (χ0) is 15.4. The van der Waals surface area contributed by atoms with Crippen molar-refractivity contribution in [2.75, 3.05) is 20.2 Å². The van der Waals surface area contributed by atoms with Gasteiger partial charge in [-0.25, -0.2) is 0 Å². The quantitative estimate of drug-likeness (QED) is 0.780. The van der Waals surface area contributed by atoms with Crippen LogP contribution >= 0.6 is 0 Å². The summed E-state index contributed by atoms with van der Waals surface area (Å²) >= 11 is 0. The number of hydrogen-bond acceptors (Lipinski definition) is 2. The highest BCUT2D eigenvalue weighted by Gasteiger charge is 2.50. The van der Waals surface area contributed by atoms with Gasteiger partial charge in [-0.1, -0.05) is 12.1 Å². The summed E-state index contributed by atoms with van der Waals surface area (Å²) in [6.07, 6.45) is 12.0. The molecule has 0 N–H and O–H groups in total. The number of nitrogens with zero attached hydrogens (tertiary/aromatic N) is 1. The van der Waals surface area contributed by atoms with Crippen molar-refractivity contribution in [1.29, 1.82) is 0 Å². The number of ether oxygens (including phenoxy) is 1. The van der Waals surface area contributed by atoms with Crippen molar-refractivity contribution in [2.24, 2.45) is 5.92 Å². The van der Waals surface area contributed by atoms with Crippen molar-refractivity contribution in [1.82, 2.24) is 4.90 Å². The Morgan fingerprint density at radius 1 is 1.26 bits per heavy atom. The van der Waals surface area contributed by atoms with Gasteiger partial charge < -0.3 is 4.74 Å². The molecule has 1 heterocycles. The Morgan fingerprint density at radius 3 is 3.00 bits per heavy atom. The molecule has 0 aromatic heterocycles. The molecule has 4 aliphatic rings. The van der Waals surface area contributed by atoms with Crippen LogP contribution in [-0.4, -0.2) is 31.1 Å². The number of hydrogen-bond donors (Lipinski definition) is 0. The van der Waals surface area contributed by atoms with E-state index in [4.69, 9.17) is 4.74 Å². The molecule has 1 aromatic carbocycles. The van der Waals surface area contributed by atoms with E-state index in [-0.39, 0.29) is 0 Å². The highest BCUT2D eigenvalue weighted by atomic mass is 16.5. The van der Waals surface area contributed by atoms with E-state index >= 15 is 0 Å². The van der Waals surface area contributed by atoms with Crippen LogP contribution in [0, 0.1) is 5.92 Å². The van der Waals surface area contributed by atoms with Gasteiger partial charge in [0.15, 0.2) is 0 Å². The van der Waals surface area contributed by atoms with Gasteiger partial charge in [0, 0.05) is 18.0 Å². The molecule has 1 aliphatic heterocycles. The van der Waals surface area contributed by atoms with Crippen LogP contribution in [-0.2, 0) is 11.8 Å². The fourth-order valence-electron chi connectivity index (χ4n) is 5.44. The minimum Gasteiger partial charge on any atom is -0.497 e. The maximum atomic E-state index is 5.55. The number of likely N-dealkylation sites (tertiary alicyclic amines) is 1. The van der Waals surface area contributed by atoms with Gasteiger partial charge in [-0.05, 0) is 86.2 Å². The number of methoxy groups -OCH3 is 1. The molecule has 23 heavy (non-hydrogen) atoms. The van der Waals surface area contributed by atoms with Gasteiger partial charge >= 0.3 is 0 Å². The smallest absolute Gasteiger partial charge is 0.119 e. The molecule has 0 spiro atoms. The summed E-state index contributed by atoms with van der Waals surface area (Å²) in [6, 6.07) is 7.52. The van der Waals surface area contributed by atoms with E-state index in [1.165, 1.54) is 58.0 Å². The van der Waals surface area contributed by atoms with Crippen molar-refractivity contribution >= 4 is 0 Å². The molecule has 2 atom stereocenters. The number of piperidine rings is 1. The van der Waals surface area contributed by atoms with E-state index in [1.54, 1.807) is 23.8 Å². The third-order valence-electron chi connectivity index (χ3n) is 6.79. The van der Waals surface area contributed by atoms with E-state index in [2.05, 4.69) is 29.2 Å². The number of rotatable bonds is 3. The van der Waals surface area contributed by atoms with Crippen LogP contribution in [0.25, 0.3) is 0 Å². The Hall–Kier alpha value is -1.28. The average molecular weight is 309 g/mol. The van der Waals surface area contributed by atoms with E-state index in [9.17, 15) is 0 Å². The molecule has 2 nitrogen and oxygen atoms in total. The summed E-state index contributed by atoms with van der Waals surface area (Å²) in [5, 5.41) is 0. The molecule has 1 aromatic rings. The zero-order valence-electron chi connectivity index (χ0n) is 14.2. The molecular formula is C21H27NO. The van der Waals surface area contributed by atoms with Gasteiger partial charge in [0.2, 0.25) is 0 Å². The first-order chi connectivity index (χ1) is 11.3.